The quantitative estimate of drug-likeness (QED) is 0.701. The van der Waals surface area contributed by atoms with Crippen LogP contribution in [-0.2, 0) is 20.7 Å². The first-order valence-electron chi connectivity index (χ1n) is 10.1. The molecule has 2 atom stereocenters. The molecule has 7 heteroatoms. The molecule has 0 bridgehead atoms. The maximum absolute atomic E-state index is 13.1. The number of benzene rings is 2. The summed E-state index contributed by atoms with van der Waals surface area (Å²) in [5.41, 5.74) is 5.33. The molecule has 0 unspecified atom stereocenters. The fourth-order valence-electron chi connectivity index (χ4n) is 4.22. The van der Waals surface area contributed by atoms with Gasteiger partial charge < -0.3 is 15.4 Å². The zero-order valence-electron chi connectivity index (χ0n) is 16.6. The SMILES string of the molecule is Cc1ccccc1-n1nccc1[C@H]1OCC[C@@H]1C(=O)Nc1ccc2c(c1)CC(=O)N2. The lowest BCUT2D eigenvalue weighted by Gasteiger charge is -2.20. The van der Waals surface area contributed by atoms with Crippen molar-refractivity contribution < 1.29 is 14.3 Å². The molecule has 3 aromatic rings. The molecule has 2 aromatic carbocycles. The molecule has 2 N–H and O–H groups in total. The fraction of sp³-hybridized carbons (Fsp3) is 0.261. The van der Waals surface area contributed by atoms with Crippen LogP contribution < -0.4 is 10.6 Å². The van der Waals surface area contributed by atoms with Crippen molar-refractivity contribution in [2.75, 3.05) is 17.2 Å². The predicted molar refractivity (Wildman–Crippen MR) is 113 cm³/mol. The number of amides is 2. The Kier molecular flexibility index (Phi) is 4.59. The minimum atomic E-state index is -0.371. The average molecular weight is 402 g/mol. The van der Waals surface area contributed by atoms with Crippen LogP contribution in [0.25, 0.3) is 5.69 Å². The molecule has 3 heterocycles. The van der Waals surface area contributed by atoms with Crippen LogP contribution in [0.4, 0.5) is 11.4 Å². The summed E-state index contributed by atoms with van der Waals surface area (Å²) in [5.74, 6) is -0.438. The Morgan fingerprint density at radius 2 is 2.10 bits per heavy atom. The van der Waals surface area contributed by atoms with Crippen LogP contribution >= 0.6 is 0 Å². The summed E-state index contributed by atoms with van der Waals surface area (Å²) >= 11 is 0. The Balaban J connectivity index is 1.38. The molecule has 1 saturated heterocycles. The Morgan fingerprint density at radius 1 is 1.23 bits per heavy atom. The van der Waals surface area contributed by atoms with Gasteiger partial charge in [0, 0.05) is 24.2 Å². The molecule has 0 radical (unpaired) electrons. The van der Waals surface area contributed by atoms with Crippen LogP contribution in [0.1, 0.15) is 29.3 Å². The highest BCUT2D eigenvalue weighted by atomic mass is 16.5. The van der Waals surface area contributed by atoms with Gasteiger partial charge in [0.2, 0.25) is 11.8 Å². The molecule has 5 rings (SSSR count). The van der Waals surface area contributed by atoms with E-state index in [0.717, 1.165) is 28.2 Å². The van der Waals surface area contributed by atoms with Crippen LogP contribution in [0, 0.1) is 12.8 Å². The van der Waals surface area contributed by atoms with E-state index >= 15 is 0 Å². The van der Waals surface area contributed by atoms with Crippen LogP contribution in [0.15, 0.2) is 54.7 Å². The van der Waals surface area contributed by atoms with E-state index in [1.807, 2.05) is 60.1 Å². The summed E-state index contributed by atoms with van der Waals surface area (Å²) in [6.07, 6.45) is 2.34. The van der Waals surface area contributed by atoms with E-state index in [-0.39, 0.29) is 23.8 Å². The lowest BCUT2D eigenvalue weighted by Crippen LogP contribution is -2.26. The predicted octanol–water partition coefficient (Wildman–Crippen LogP) is 3.39. The van der Waals surface area contributed by atoms with Crippen molar-refractivity contribution >= 4 is 23.2 Å². The van der Waals surface area contributed by atoms with E-state index in [2.05, 4.69) is 15.7 Å². The first kappa shape index (κ1) is 18.6. The van der Waals surface area contributed by atoms with E-state index in [1.54, 1.807) is 6.20 Å². The highest BCUT2D eigenvalue weighted by Gasteiger charge is 2.37. The van der Waals surface area contributed by atoms with E-state index in [1.165, 1.54) is 0 Å². The third kappa shape index (κ3) is 3.27. The number of nitrogens with zero attached hydrogens (tertiary/aromatic N) is 2. The highest BCUT2D eigenvalue weighted by molar-refractivity contribution is 6.00. The standard InChI is InChI=1S/C23H22N4O3/c1-14-4-2-3-5-19(14)27-20(8-10-24-27)22-17(9-11-30-22)23(29)25-16-6-7-18-15(12-16)13-21(28)26-18/h2-8,10,12,17,22H,9,11,13H2,1H3,(H,25,29)(H,26,28)/t17-,22-/m0/s1. The van der Waals surface area contributed by atoms with Crippen LogP contribution in [-0.4, -0.2) is 28.2 Å². The van der Waals surface area contributed by atoms with Gasteiger partial charge in [0.15, 0.2) is 0 Å². The first-order valence-corrected chi connectivity index (χ1v) is 10.1. The summed E-state index contributed by atoms with van der Waals surface area (Å²) in [4.78, 5) is 24.7. The zero-order chi connectivity index (χ0) is 20.7. The topological polar surface area (TPSA) is 85.2 Å². The molecule has 2 aliphatic heterocycles. The second kappa shape index (κ2) is 7.42. The van der Waals surface area contributed by atoms with Crippen LogP contribution in [0.3, 0.4) is 0 Å². The molecule has 1 fully saturated rings. The lowest BCUT2D eigenvalue weighted by atomic mass is 9.97. The summed E-state index contributed by atoms with van der Waals surface area (Å²) < 4.78 is 7.84. The van der Waals surface area contributed by atoms with Gasteiger partial charge in [0.1, 0.15) is 6.10 Å². The molecule has 0 aliphatic carbocycles. The molecule has 0 saturated carbocycles. The minimum absolute atomic E-state index is 0.0257. The number of carbonyl (C=O) groups excluding carboxylic acids is 2. The van der Waals surface area contributed by atoms with Gasteiger partial charge in [-0.05, 0) is 54.8 Å². The number of nitrogens with one attached hydrogen (secondary N) is 2. The number of ether oxygens (including phenoxy) is 1. The van der Waals surface area contributed by atoms with Gasteiger partial charge in [0.25, 0.3) is 0 Å². The average Bonchev–Trinajstić information content (AvgIpc) is 3.46. The van der Waals surface area contributed by atoms with E-state index in [0.29, 0.717) is 25.1 Å². The Morgan fingerprint density at radius 3 is 2.97 bits per heavy atom. The molecule has 2 aliphatic rings. The maximum atomic E-state index is 13.1. The number of anilines is 2. The van der Waals surface area contributed by atoms with Crippen molar-refractivity contribution in [1.82, 2.24) is 9.78 Å². The maximum Gasteiger partial charge on any atom is 0.230 e. The van der Waals surface area contributed by atoms with Gasteiger partial charge in [-0.1, -0.05) is 18.2 Å². The minimum Gasteiger partial charge on any atom is -0.371 e. The number of hydrogen-bond donors (Lipinski definition) is 2. The van der Waals surface area contributed by atoms with Crippen molar-refractivity contribution in [2.45, 2.75) is 25.9 Å². The van der Waals surface area contributed by atoms with Gasteiger partial charge >= 0.3 is 0 Å². The van der Waals surface area contributed by atoms with Gasteiger partial charge in [-0.25, -0.2) is 4.68 Å². The van der Waals surface area contributed by atoms with Crippen molar-refractivity contribution in [2.24, 2.45) is 5.92 Å². The lowest BCUT2D eigenvalue weighted by molar-refractivity contribution is -0.121. The summed E-state index contributed by atoms with van der Waals surface area (Å²) in [5, 5.41) is 10.3. The molecule has 0 spiro atoms. The number of carbonyl (C=O) groups is 2. The normalized spacial score (nSPS) is 20.1. The smallest absolute Gasteiger partial charge is 0.230 e. The highest BCUT2D eigenvalue weighted by Crippen LogP contribution is 2.37. The van der Waals surface area contributed by atoms with Crippen molar-refractivity contribution in [3.8, 4) is 5.69 Å². The van der Waals surface area contributed by atoms with E-state index in [9.17, 15) is 9.59 Å². The number of hydrogen-bond acceptors (Lipinski definition) is 4. The van der Waals surface area contributed by atoms with Crippen molar-refractivity contribution in [1.29, 1.82) is 0 Å². The number of aromatic nitrogens is 2. The largest absolute Gasteiger partial charge is 0.371 e. The van der Waals surface area contributed by atoms with Gasteiger partial charge in [0.05, 0.1) is 23.7 Å². The van der Waals surface area contributed by atoms with Gasteiger partial charge in [-0.3, -0.25) is 9.59 Å². The van der Waals surface area contributed by atoms with Gasteiger partial charge in [-0.2, -0.15) is 5.10 Å². The molecule has 2 amide bonds. The van der Waals surface area contributed by atoms with E-state index in [4.69, 9.17) is 4.74 Å². The summed E-state index contributed by atoms with van der Waals surface area (Å²) in [7, 11) is 0. The number of para-hydroxylation sites is 1. The zero-order valence-corrected chi connectivity index (χ0v) is 16.6. The van der Waals surface area contributed by atoms with Crippen LogP contribution in [0.2, 0.25) is 0 Å². The van der Waals surface area contributed by atoms with Crippen molar-refractivity contribution in [3.05, 3.63) is 71.5 Å². The molecule has 1 aromatic heterocycles. The molecule has 30 heavy (non-hydrogen) atoms. The summed E-state index contributed by atoms with van der Waals surface area (Å²) in [6.45, 7) is 2.55. The fourth-order valence-corrected chi connectivity index (χ4v) is 4.22. The monoisotopic (exact) mass is 402 g/mol. The van der Waals surface area contributed by atoms with Crippen molar-refractivity contribution in [3.63, 3.8) is 0 Å². The molecule has 7 nitrogen and oxygen atoms in total. The molecule has 152 valence electrons. The Bertz CT molecular complexity index is 1140. The molecular weight excluding hydrogens is 380 g/mol. The number of rotatable bonds is 4. The summed E-state index contributed by atoms with van der Waals surface area (Å²) in [6, 6.07) is 15.4. The Hall–Kier alpha value is -3.45. The first-order chi connectivity index (χ1) is 14.6. The second-order valence-corrected chi connectivity index (χ2v) is 7.73. The second-order valence-electron chi connectivity index (χ2n) is 7.73. The van der Waals surface area contributed by atoms with E-state index < -0.39 is 0 Å². The number of aryl methyl sites for hydroxylation is 1. The third-order valence-corrected chi connectivity index (χ3v) is 5.73. The Labute approximate surface area is 174 Å². The van der Waals surface area contributed by atoms with Gasteiger partial charge in [-0.15, -0.1) is 0 Å². The number of fused-ring (bicyclic) bond motifs is 1. The third-order valence-electron chi connectivity index (χ3n) is 5.73. The van der Waals surface area contributed by atoms with Crippen LogP contribution in [0.5, 0.6) is 0 Å². The molecular formula is C23H22N4O3.